The van der Waals surface area contributed by atoms with Crippen molar-refractivity contribution >= 4 is 27.3 Å². The van der Waals surface area contributed by atoms with E-state index in [4.69, 9.17) is 0 Å². The minimum absolute atomic E-state index is 0.0781. The van der Waals surface area contributed by atoms with Crippen molar-refractivity contribution in [2.75, 3.05) is 14.1 Å². The van der Waals surface area contributed by atoms with E-state index in [1.807, 2.05) is 26.0 Å². The molecule has 0 aliphatic carbocycles. The molecule has 1 aromatic heterocycles. The van der Waals surface area contributed by atoms with Crippen LogP contribution in [0.25, 0.3) is 10.1 Å². The molecule has 4 heteroatoms. The molecule has 1 heterocycles. The Hall–Kier alpha value is -1.42. The smallest absolute Gasteiger partial charge is 0.263 e. The minimum Gasteiger partial charge on any atom is -0.344 e. The van der Waals surface area contributed by atoms with Crippen LogP contribution in [-0.2, 0) is 0 Å². The SMILES string of the molecule is CCC(C)c1ccc2cc(C(=O)N(C)C)sc2c1F. The highest BCUT2D eigenvalue weighted by Gasteiger charge is 2.17. The van der Waals surface area contributed by atoms with E-state index < -0.39 is 0 Å². The van der Waals surface area contributed by atoms with Crippen molar-refractivity contribution in [2.45, 2.75) is 26.2 Å². The van der Waals surface area contributed by atoms with E-state index in [0.717, 1.165) is 17.4 Å². The Kier molecular flexibility index (Phi) is 3.90. The van der Waals surface area contributed by atoms with Crippen LogP contribution in [0.1, 0.15) is 41.4 Å². The number of benzene rings is 1. The van der Waals surface area contributed by atoms with Gasteiger partial charge < -0.3 is 4.90 Å². The molecule has 0 fully saturated rings. The van der Waals surface area contributed by atoms with Crippen LogP contribution in [0.3, 0.4) is 0 Å². The van der Waals surface area contributed by atoms with Crippen LogP contribution >= 0.6 is 11.3 Å². The minimum atomic E-state index is -0.172. The number of hydrogen-bond acceptors (Lipinski definition) is 2. The third-order valence-electron chi connectivity index (χ3n) is 3.42. The summed E-state index contributed by atoms with van der Waals surface area (Å²) in [5, 5.41) is 0.805. The summed E-state index contributed by atoms with van der Waals surface area (Å²) in [5.74, 6) is -0.0557. The van der Waals surface area contributed by atoms with Gasteiger partial charge in [-0.15, -0.1) is 11.3 Å². The van der Waals surface area contributed by atoms with E-state index >= 15 is 0 Å². The molecule has 0 aliphatic heterocycles. The van der Waals surface area contributed by atoms with Crippen molar-refractivity contribution in [3.8, 4) is 0 Å². The maximum atomic E-state index is 14.5. The summed E-state index contributed by atoms with van der Waals surface area (Å²) in [6, 6.07) is 5.51. The van der Waals surface area contributed by atoms with Gasteiger partial charge in [0.2, 0.25) is 0 Å². The number of fused-ring (bicyclic) bond motifs is 1. The number of amides is 1. The summed E-state index contributed by atoms with van der Waals surface area (Å²) >= 11 is 1.24. The molecule has 19 heavy (non-hydrogen) atoms. The maximum Gasteiger partial charge on any atom is 0.263 e. The summed E-state index contributed by atoms with van der Waals surface area (Å²) in [7, 11) is 3.40. The lowest BCUT2D eigenvalue weighted by molar-refractivity contribution is 0.0832. The fraction of sp³-hybridized carbons (Fsp3) is 0.400. The van der Waals surface area contributed by atoms with Gasteiger partial charge in [-0.1, -0.05) is 26.0 Å². The molecule has 2 aromatic rings. The van der Waals surface area contributed by atoms with Gasteiger partial charge in [0.05, 0.1) is 9.58 Å². The molecule has 1 aromatic carbocycles. The highest BCUT2D eigenvalue weighted by molar-refractivity contribution is 7.20. The third kappa shape index (κ3) is 2.50. The number of nitrogens with zero attached hydrogens (tertiary/aromatic N) is 1. The maximum absolute atomic E-state index is 14.5. The number of carbonyl (C=O) groups excluding carboxylic acids is 1. The molecule has 2 nitrogen and oxygen atoms in total. The summed E-state index contributed by atoms with van der Waals surface area (Å²) < 4.78 is 15.1. The number of rotatable bonds is 3. The molecule has 0 saturated carbocycles. The normalized spacial score (nSPS) is 12.7. The Morgan fingerprint density at radius 2 is 2.11 bits per heavy atom. The van der Waals surface area contributed by atoms with Crippen molar-refractivity contribution in [3.05, 3.63) is 34.5 Å². The molecule has 1 unspecified atom stereocenters. The third-order valence-corrected chi connectivity index (χ3v) is 4.55. The zero-order valence-electron chi connectivity index (χ0n) is 11.7. The molecule has 1 amide bonds. The van der Waals surface area contributed by atoms with E-state index in [1.54, 1.807) is 20.2 Å². The monoisotopic (exact) mass is 279 g/mol. The van der Waals surface area contributed by atoms with Crippen LogP contribution in [0.15, 0.2) is 18.2 Å². The van der Waals surface area contributed by atoms with Crippen molar-refractivity contribution in [1.82, 2.24) is 4.90 Å². The van der Waals surface area contributed by atoms with Crippen molar-refractivity contribution in [2.24, 2.45) is 0 Å². The molecule has 0 N–H and O–H groups in total. The second-order valence-corrected chi connectivity index (χ2v) is 6.06. The van der Waals surface area contributed by atoms with Gasteiger partial charge in [-0.2, -0.15) is 0 Å². The Bertz CT molecular complexity index is 618. The van der Waals surface area contributed by atoms with E-state index in [2.05, 4.69) is 0 Å². The molecule has 102 valence electrons. The molecule has 0 bridgehead atoms. The first-order valence-electron chi connectivity index (χ1n) is 6.39. The first-order valence-corrected chi connectivity index (χ1v) is 7.21. The molecule has 2 rings (SSSR count). The van der Waals surface area contributed by atoms with Crippen molar-refractivity contribution in [3.63, 3.8) is 0 Å². The van der Waals surface area contributed by atoms with Crippen LogP contribution in [0.2, 0.25) is 0 Å². The van der Waals surface area contributed by atoms with Gasteiger partial charge in [-0.3, -0.25) is 4.79 Å². The first kappa shape index (κ1) is 14.0. The molecule has 0 radical (unpaired) electrons. The van der Waals surface area contributed by atoms with Gasteiger partial charge in [0.1, 0.15) is 5.82 Å². The van der Waals surface area contributed by atoms with Gasteiger partial charge in [-0.05, 0) is 29.4 Å². The predicted octanol–water partition coefficient (Wildman–Crippen LogP) is 4.26. The lowest BCUT2D eigenvalue weighted by Gasteiger charge is -2.10. The topological polar surface area (TPSA) is 20.3 Å². The molecule has 0 aliphatic rings. The van der Waals surface area contributed by atoms with E-state index in [1.165, 1.54) is 16.2 Å². The molecular weight excluding hydrogens is 261 g/mol. The number of thiophene rings is 1. The van der Waals surface area contributed by atoms with E-state index in [-0.39, 0.29) is 17.6 Å². The van der Waals surface area contributed by atoms with Crippen LogP contribution in [0, 0.1) is 5.82 Å². The molecule has 0 saturated heterocycles. The van der Waals surface area contributed by atoms with Gasteiger partial charge in [0.25, 0.3) is 5.91 Å². The lowest BCUT2D eigenvalue weighted by Crippen LogP contribution is -2.20. The van der Waals surface area contributed by atoms with Crippen LogP contribution in [0.5, 0.6) is 0 Å². The van der Waals surface area contributed by atoms with Gasteiger partial charge >= 0.3 is 0 Å². The van der Waals surface area contributed by atoms with Gasteiger partial charge in [0.15, 0.2) is 0 Å². The second kappa shape index (κ2) is 5.29. The van der Waals surface area contributed by atoms with E-state index in [0.29, 0.717) is 9.58 Å². The van der Waals surface area contributed by atoms with Crippen molar-refractivity contribution in [1.29, 1.82) is 0 Å². The van der Waals surface area contributed by atoms with Crippen LogP contribution in [0.4, 0.5) is 4.39 Å². The average Bonchev–Trinajstić information content (AvgIpc) is 2.82. The summed E-state index contributed by atoms with van der Waals surface area (Å²) in [4.78, 5) is 14.0. The molecular formula is C15H18FNOS. The summed E-state index contributed by atoms with van der Waals surface area (Å²) in [6.07, 6.45) is 0.900. The highest BCUT2D eigenvalue weighted by atomic mass is 32.1. The zero-order valence-corrected chi connectivity index (χ0v) is 12.5. The van der Waals surface area contributed by atoms with Gasteiger partial charge in [0, 0.05) is 14.1 Å². The highest BCUT2D eigenvalue weighted by Crippen LogP contribution is 2.33. The largest absolute Gasteiger partial charge is 0.344 e. The predicted molar refractivity (Wildman–Crippen MR) is 78.5 cm³/mol. The number of hydrogen-bond donors (Lipinski definition) is 0. The van der Waals surface area contributed by atoms with E-state index in [9.17, 15) is 9.18 Å². The second-order valence-electron chi connectivity index (χ2n) is 5.01. The average molecular weight is 279 g/mol. The first-order chi connectivity index (χ1) is 8.95. The quantitative estimate of drug-likeness (QED) is 0.822. The Balaban J connectivity index is 2.55. The van der Waals surface area contributed by atoms with Gasteiger partial charge in [-0.25, -0.2) is 4.39 Å². The molecule has 1 atom stereocenters. The Labute approximate surface area is 116 Å². The Morgan fingerprint density at radius 3 is 2.68 bits per heavy atom. The summed E-state index contributed by atoms with van der Waals surface area (Å²) in [6.45, 7) is 4.06. The Morgan fingerprint density at radius 1 is 1.42 bits per heavy atom. The van der Waals surface area contributed by atoms with Crippen LogP contribution < -0.4 is 0 Å². The lowest BCUT2D eigenvalue weighted by atomic mass is 9.97. The fourth-order valence-corrected chi connectivity index (χ4v) is 3.14. The summed E-state index contributed by atoms with van der Waals surface area (Å²) in [5.41, 5.74) is 0.737. The van der Waals surface area contributed by atoms with Crippen LogP contribution in [-0.4, -0.2) is 24.9 Å². The molecule has 0 spiro atoms. The number of carbonyl (C=O) groups is 1. The fourth-order valence-electron chi connectivity index (χ4n) is 2.01. The van der Waals surface area contributed by atoms with Crippen molar-refractivity contribution < 1.29 is 9.18 Å². The zero-order chi connectivity index (χ0) is 14.2. The standard InChI is InChI=1S/C15H18FNOS/c1-5-9(2)11-7-6-10-8-12(15(18)17(3)4)19-14(10)13(11)16/h6-9H,5H2,1-4H3. The number of halogens is 1.